The van der Waals surface area contributed by atoms with Gasteiger partial charge in [0.2, 0.25) is 0 Å². The van der Waals surface area contributed by atoms with Gasteiger partial charge < -0.3 is 4.74 Å². The van der Waals surface area contributed by atoms with Gasteiger partial charge in [0, 0.05) is 19.7 Å². The van der Waals surface area contributed by atoms with Crippen molar-refractivity contribution < 1.29 is 4.74 Å². The third-order valence-corrected chi connectivity index (χ3v) is 6.19. The van der Waals surface area contributed by atoms with E-state index in [2.05, 4.69) is 49.2 Å². The van der Waals surface area contributed by atoms with Gasteiger partial charge in [0.15, 0.2) is 0 Å². The summed E-state index contributed by atoms with van der Waals surface area (Å²) < 4.78 is 6.03. The van der Waals surface area contributed by atoms with E-state index in [1.54, 1.807) is 11.1 Å². The molecular weight excluding hydrogens is 270 g/mol. The number of methoxy groups -OCH3 is 1. The maximum atomic E-state index is 6.03. The van der Waals surface area contributed by atoms with Crippen molar-refractivity contribution in [2.75, 3.05) is 20.7 Å². The standard InChI is InChI=1S/C20H21NO/c1-20(22-3)14-6-4-5-13-11-16-18-12(9-10-21(16)2)7-8-15(20)19(18)17(13)14/h4-8,16H,9-11H2,1-3H3. The Morgan fingerprint density at radius 1 is 1.09 bits per heavy atom. The number of likely N-dealkylation sites (N-methyl/N-ethyl adjacent to an activating group) is 1. The van der Waals surface area contributed by atoms with Gasteiger partial charge in [-0.15, -0.1) is 0 Å². The van der Waals surface area contributed by atoms with E-state index in [0.29, 0.717) is 6.04 Å². The molecule has 0 amide bonds. The lowest BCUT2D eigenvalue weighted by atomic mass is 9.77. The highest BCUT2D eigenvalue weighted by Gasteiger charge is 2.46. The van der Waals surface area contributed by atoms with Crippen LogP contribution in [0.2, 0.25) is 0 Å². The van der Waals surface area contributed by atoms with E-state index in [4.69, 9.17) is 4.74 Å². The van der Waals surface area contributed by atoms with Crippen molar-refractivity contribution in [1.29, 1.82) is 0 Å². The molecule has 3 aliphatic rings. The number of nitrogens with zero attached hydrogens (tertiary/aromatic N) is 1. The molecule has 0 aromatic heterocycles. The number of hydrogen-bond acceptors (Lipinski definition) is 2. The van der Waals surface area contributed by atoms with Crippen molar-refractivity contribution >= 4 is 0 Å². The van der Waals surface area contributed by atoms with Crippen LogP contribution in [0, 0.1) is 0 Å². The Hall–Kier alpha value is -1.64. The first-order chi connectivity index (χ1) is 10.6. The average molecular weight is 291 g/mol. The first kappa shape index (κ1) is 12.9. The van der Waals surface area contributed by atoms with Crippen LogP contribution < -0.4 is 0 Å². The third-order valence-electron chi connectivity index (χ3n) is 6.19. The second-order valence-corrected chi connectivity index (χ2v) is 7.09. The predicted octanol–water partition coefficient (Wildman–Crippen LogP) is 3.66. The normalized spacial score (nSPS) is 27.9. The van der Waals surface area contributed by atoms with Gasteiger partial charge >= 0.3 is 0 Å². The molecular formula is C20H21NO. The monoisotopic (exact) mass is 291 g/mol. The molecule has 0 saturated carbocycles. The van der Waals surface area contributed by atoms with Crippen LogP contribution in [0.3, 0.4) is 0 Å². The summed E-state index contributed by atoms with van der Waals surface area (Å²) in [6.07, 6.45) is 2.29. The fourth-order valence-corrected chi connectivity index (χ4v) is 4.90. The van der Waals surface area contributed by atoms with Gasteiger partial charge in [-0.25, -0.2) is 0 Å². The largest absolute Gasteiger partial charge is 0.369 e. The summed E-state index contributed by atoms with van der Waals surface area (Å²) in [7, 11) is 4.11. The predicted molar refractivity (Wildman–Crippen MR) is 88.1 cm³/mol. The van der Waals surface area contributed by atoms with E-state index < -0.39 is 0 Å². The van der Waals surface area contributed by atoms with E-state index in [1.165, 1.54) is 27.8 Å². The molecule has 2 unspecified atom stereocenters. The molecule has 5 rings (SSSR count). The maximum Gasteiger partial charge on any atom is 0.116 e. The molecule has 2 nitrogen and oxygen atoms in total. The lowest BCUT2D eigenvalue weighted by Gasteiger charge is -2.39. The van der Waals surface area contributed by atoms with Crippen LogP contribution in [0.5, 0.6) is 0 Å². The molecule has 1 aliphatic heterocycles. The quantitative estimate of drug-likeness (QED) is 0.795. The van der Waals surface area contributed by atoms with Gasteiger partial charge in [-0.1, -0.05) is 30.3 Å². The van der Waals surface area contributed by atoms with E-state index >= 15 is 0 Å². The van der Waals surface area contributed by atoms with Crippen LogP contribution in [0.25, 0.3) is 11.1 Å². The molecule has 2 atom stereocenters. The number of ether oxygens (including phenoxy) is 1. The Morgan fingerprint density at radius 2 is 1.91 bits per heavy atom. The van der Waals surface area contributed by atoms with Crippen LogP contribution in [0.15, 0.2) is 30.3 Å². The number of rotatable bonds is 1. The van der Waals surface area contributed by atoms with Crippen LogP contribution >= 0.6 is 0 Å². The van der Waals surface area contributed by atoms with Crippen molar-refractivity contribution in [3.63, 3.8) is 0 Å². The molecule has 1 heterocycles. The Kier molecular flexibility index (Phi) is 2.34. The first-order valence-corrected chi connectivity index (χ1v) is 8.19. The fourth-order valence-electron chi connectivity index (χ4n) is 4.90. The molecule has 2 heteroatoms. The van der Waals surface area contributed by atoms with Gasteiger partial charge in [0.25, 0.3) is 0 Å². The Morgan fingerprint density at radius 3 is 2.73 bits per heavy atom. The Bertz CT molecular complexity index is 810. The highest BCUT2D eigenvalue weighted by molar-refractivity contribution is 5.87. The molecule has 0 spiro atoms. The summed E-state index contributed by atoms with van der Waals surface area (Å²) >= 11 is 0. The van der Waals surface area contributed by atoms with Crippen molar-refractivity contribution in [3.8, 4) is 11.1 Å². The number of hydrogen-bond donors (Lipinski definition) is 0. The second-order valence-electron chi connectivity index (χ2n) is 7.09. The Labute approximate surface area is 131 Å². The minimum absolute atomic E-state index is 0.305. The van der Waals surface area contributed by atoms with Crippen LogP contribution in [-0.4, -0.2) is 25.6 Å². The molecule has 0 saturated heterocycles. The van der Waals surface area contributed by atoms with Crippen LogP contribution in [0.1, 0.15) is 40.8 Å². The van der Waals surface area contributed by atoms with Gasteiger partial charge in [-0.3, -0.25) is 4.90 Å². The highest BCUT2D eigenvalue weighted by atomic mass is 16.5. The smallest absolute Gasteiger partial charge is 0.116 e. The van der Waals surface area contributed by atoms with Crippen LogP contribution in [0.4, 0.5) is 0 Å². The second kappa shape index (κ2) is 4.01. The summed E-state index contributed by atoms with van der Waals surface area (Å²) in [6.45, 7) is 3.38. The van der Waals surface area contributed by atoms with E-state index in [-0.39, 0.29) is 5.60 Å². The molecule has 2 aromatic rings. The molecule has 112 valence electrons. The van der Waals surface area contributed by atoms with Crippen molar-refractivity contribution in [3.05, 3.63) is 58.1 Å². The molecule has 0 bridgehead atoms. The molecule has 2 aliphatic carbocycles. The van der Waals surface area contributed by atoms with Crippen molar-refractivity contribution in [1.82, 2.24) is 4.90 Å². The summed E-state index contributed by atoms with van der Waals surface area (Å²) in [6, 6.07) is 12.0. The molecule has 22 heavy (non-hydrogen) atoms. The maximum absolute atomic E-state index is 6.03. The van der Waals surface area contributed by atoms with Gasteiger partial charge in [0.1, 0.15) is 5.60 Å². The number of benzene rings is 2. The zero-order valence-corrected chi connectivity index (χ0v) is 13.4. The first-order valence-electron chi connectivity index (χ1n) is 8.19. The third kappa shape index (κ3) is 1.30. The zero-order chi connectivity index (χ0) is 15.1. The van der Waals surface area contributed by atoms with Crippen molar-refractivity contribution in [2.45, 2.75) is 31.4 Å². The molecule has 0 fully saturated rings. The topological polar surface area (TPSA) is 12.5 Å². The molecule has 0 N–H and O–H groups in total. The zero-order valence-electron chi connectivity index (χ0n) is 13.4. The lowest BCUT2D eigenvalue weighted by Crippen LogP contribution is -2.35. The van der Waals surface area contributed by atoms with E-state index in [0.717, 1.165) is 19.4 Å². The minimum atomic E-state index is -0.305. The lowest BCUT2D eigenvalue weighted by molar-refractivity contribution is 0.0430. The minimum Gasteiger partial charge on any atom is -0.369 e. The van der Waals surface area contributed by atoms with E-state index in [9.17, 15) is 0 Å². The molecule has 2 aromatic carbocycles. The summed E-state index contributed by atoms with van der Waals surface area (Å²) in [5.41, 5.74) is 9.96. The summed E-state index contributed by atoms with van der Waals surface area (Å²) in [5, 5.41) is 0. The SMILES string of the molecule is COC1(C)c2cccc3c2-c2c1ccc1c2C(C3)N(C)CC1. The summed E-state index contributed by atoms with van der Waals surface area (Å²) in [4.78, 5) is 2.53. The highest BCUT2D eigenvalue weighted by Crippen LogP contribution is 2.57. The van der Waals surface area contributed by atoms with E-state index in [1.807, 2.05) is 7.11 Å². The van der Waals surface area contributed by atoms with Gasteiger partial charge in [-0.2, -0.15) is 0 Å². The fraction of sp³-hybridized carbons (Fsp3) is 0.400. The van der Waals surface area contributed by atoms with Gasteiger partial charge in [-0.05, 0) is 65.8 Å². The summed E-state index contributed by atoms with van der Waals surface area (Å²) in [5.74, 6) is 0. The molecule has 0 radical (unpaired) electrons. The Balaban J connectivity index is 1.94. The van der Waals surface area contributed by atoms with Crippen LogP contribution in [-0.2, 0) is 23.2 Å². The van der Waals surface area contributed by atoms with Gasteiger partial charge in [0.05, 0.1) is 0 Å². The average Bonchev–Trinajstić information content (AvgIpc) is 2.82. The van der Waals surface area contributed by atoms with Crippen molar-refractivity contribution in [2.24, 2.45) is 0 Å².